The molecule has 1 aliphatic heterocycles. The maximum atomic E-state index is 9.79. The van der Waals surface area contributed by atoms with Gasteiger partial charge in [0.2, 0.25) is 0 Å². The SMILES string of the molecule is CC(C)OCC(O)CN1CCN(CC#N)CC1. The third-order valence-corrected chi connectivity index (χ3v) is 2.85. The zero-order valence-electron chi connectivity index (χ0n) is 10.8. The molecule has 1 rings (SSSR count). The molecule has 0 aromatic carbocycles. The van der Waals surface area contributed by atoms with Crippen LogP contribution in [0.25, 0.3) is 0 Å². The molecule has 1 saturated heterocycles. The van der Waals surface area contributed by atoms with Gasteiger partial charge in [-0.05, 0) is 13.8 Å². The van der Waals surface area contributed by atoms with Gasteiger partial charge in [0.05, 0.1) is 31.4 Å². The van der Waals surface area contributed by atoms with E-state index in [1.54, 1.807) is 0 Å². The normalized spacial score (nSPS) is 20.4. The number of hydrogen-bond donors (Lipinski definition) is 1. The average Bonchev–Trinajstić information content (AvgIpc) is 2.29. The molecule has 1 N–H and O–H groups in total. The topological polar surface area (TPSA) is 59.7 Å². The first-order chi connectivity index (χ1) is 8.11. The van der Waals surface area contributed by atoms with E-state index in [4.69, 9.17) is 10.00 Å². The van der Waals surface area contributed by atoms with Crippen LogP contribution in [0.2, 0.25) is 0 Å². The van der Waals surface area contributed by atoms with Gasteiger partial charge in [-0.25, -0.2) is 0 Å². The molecule has 98 valence electrons. The van der Waals surface area contributed by atoms with Crippen LogP contribution in [-0.2, 0) is 4.74 Å². The van der Waals surface area contributed by atoms with E-state index in [1.165, 1.54) is 0 Å². The smallest absolute Gasteiger partial charge is 0.0900 e. The Hall–Kier alpha value is -0.670. The van der Waals surface area contributed by atoms with Crippen LogP contribution in [-0.4, -0.2) is 73.0 Å². The largest absolute Gasteiger partial charge is 0.389 e. The summed E-state index contributed by atoms with van der Waals surface area (Å²) in [4.78, 5) is 4.36. The molecule has 1 aliphatic rings. The molecule has 5 nitrogen and oxygen atoms in total. The van der Waals surface area contributed by atoms with Crippen molar-refractivity contribution in [1.82, 2.24) is 9.80 Å². The van der Waals surface area contributed by atoms with E-state index >= 15 is 0 Å². The molecule has 0 saturated carbocycles. The maximum absolute atomic E-state index is 9.79. The number of nitrogens with zero attached hydrogens (tertiary/aromatic N) is 3. The lowest BCUT2D eigenvalue weighted by atomic mass is 10.2. The van der Waals surface area contributed by atoms with Crippen molar-refractivity contribution in [2.45, 2.75) is 26.1 Å². The third-order valence-electron chi connectivity index (χ3n) is 2.85. The van der Waals surface area contributed by atoms with Crippen LogP contribution in [0.1, 0.15) is 13.8 Å². The fourth-order valence-corrected chi connectivity index (χ4v) is 1.88. The minimum atomic E-state index is -0.417. The lowest BCUT2D eigenvalue weighted by molar-refractivity contribution is -0.0139. The van der Waals surface area contributed by atoms with Crippen LogP contribution in [0.15, 0.2) is 0 Å². The van der Waals surface area contributed by atoms with Gasteiger partial charge in [-0.3, -0.25) is 9.80 Å². The first kappa shape index (κ1) is 14.4. The van der Waals surface area contributed by atoms with Crippen LogP contribution in [0, 0.1) is 11.3 Å². The fraction of sp³-hybridized carbons (Fsp3) is 0.917. The Labute approximate surface area is 104 Å². The lowest BCUT2D eigenvalue weighted by Gasteiger charge is -2.34. The minimum absolute atomic E-state index is 0.164. The van der Waals surface area contributed by atoms with Crippen molar-refractivity contribution in [2.24, 2.45) is 0 Å². The number of piperazine rings is 1. The molecular weight excluding hydrogens is 218 g/mol. The van der Waals surface area contributed by atoms with Crippen molar-refractivity contribution in [1.29, 1.82) is 5.26 Å². The first-order valence-electron chi connectivity index (χ1n) is 6.23. The molecule has 0 aromatic rings. The highest BCUT2D eigenvalue weighted by molar-refractivity contribution is 4.81. The van der Waals surface area contributed by atoms with E-state index in [-0.39, 0.29) is 6.10 Å². The molecule has 1 unspecified atom stereocenters. The average molecular weight is 241 g/mol. The summed E-state index contributed by atoms with van der Waals surface area (Å²) in [5.41, 5.74) is 0. The zero-order chi connectivity index (χ0) is 12.7. The highest BCUT2D eigenvalue weighted by Gasteiger charge is 2.18. The second kappa shape index (κ2) is 7.62. The van der Waals surface area contributed by atoms with Gasteiger partial charge < -0.3 is 9.84 Å². The molecule has 1 atom stereocenters. The number of ether oxygens (including phenoxy) is 1. The van der Waals surface area contributed by atoms with Gasteiger partial charge in [0.15, 0.2) is 0 Å². The Kier molecular flexibility index (Phi) is 6.45. The summed E-state index contributed by atoms with van der Waals surface area (Å²) in [6.45, 7) is 9.15. The quantitative estimate of drug-likeness (QED) is 0.659. The van der Waals surface area contributed by atoms with Crippen molar-refractivity contribution in [2.75, 3.05) is 45.9 Å². The second-order valence-electron chi connectivity index (χ2n) is 4.77. The van der Waals surface area contributed by atoms with Crippen LogP contribution in [0.3, 0.4) is 0 Å². The van der Waals surface area contributed by atoms with Crippen molar-refractivity contribution >= 4 is 0 Å². The number of aliphatic hydroxyl groups is 1. The number of rotatable bonds is 6. The maximum Gasteiger partial charge on any atom is 0.0900 e. The van der Waals surface area contributed by atoms with E-state index in [9.17, 15) is 5.11 Å². The van der Waals surface area contributed by atoms with Gasteiger partial charge in [-0.2, -0.15) is 5.26 Å². The first-order valence-corrected chi connectivity index (χ1v) is 6.23. The molecule has 0 aromatic heterocycles. The monoisotopic (exact) mass is 241 g/mol. The summed E-state index contributed by atoms with van der Waals surface area (Å²) >= 11 is 0. The van der Waals surface area contributed by atoms with Gasteiger partial charge in [0.25, 0.3) is 0 Å². The molecule has 0 spiro atoms. The van der Waals surface area contributed by atoms with Crippen molar-refractivity contribution in [3.63, 3.8) is 0 Å². The summed E-state index contributed by atoms with van der Waals surface area (Å²) in [7, 11) is 0. The Morgan fingerprint density at radius 3 is 2.35 bits per heavy atom. The molecule has 0 aliphatic carbocycles. The van der Waals surface area contributed by atoms with Crippen molar-refractivity contribution < 1.29 is 9.84 Å². The molecule has 5 heteroatoms. The molecular formula is C12H23N3O2. The van der Waals surface area contributed by atoms with Crippen LogP contribution in [0.5, 0.6) is 0 Å². The second-order valence-corrected chi connectivity index (χ2v) is 4.77. The summed E-state index contributed by atoms with van der Waals surface area (Å²) in [5.74, 6) is 0. The van der Waals surface area contributed by atoms with Gasteiger partial charge in [0.1, 0.15) is 0 Å². The predicted octanol–water partition coefficient (Wildman–Crippen LogP) is -0.0865. The van der Waals surface area contributed by atoms with Gasteiger partial charge in [-0.15, -0.1) is 0 Å². The highest BCUT2D eigenvalue weighted by Crippen LogP contribution is 2.03. The number of aliphatic hydroxyl groups excluding tert-OH is 1. The Morgan fingerprint density at radius 2 is 1.82 bits per heavy atom. The number of nitriles is 1. The summed E-state index contributed by atoms with van der Waals surface area (Å²) < 4.78 is 5.37. The van der Waals surface area contributed by atoms with Gasteiger partial charge in [-0.1, -0.05) is 0 Å². The van der Waals surface area contributed by atoms with Crippen molar-refractivity contribution in [3.8, 4) is 6.07 Å². The van der Waals surface area contributed by atoms with Gasteiger partial charge in [0, 0.05) is 32.7 Å². The standard InChI is InChI=1S/C12H23N3O2/c1-11(2)17-10-12(16)9-15-7-5-14(4-3-13)6-8-15/h11-12,16H,4-10H2,1-2H3. The molecule has 0 amide bonds. The van der Waals surface area contributed by atoms with Gasteiger partial charge >= 0.3 is 0 Å². The molecule has 1 heterocycles. The Bertz CT molecular complexity index is 245. The summed E-state index contributed by atoms with van der Waals surface area (Å²) in [5, 5.41) is 18.4. The molecule has 0 bridgehead atoms. The minimum Gasteiger partial charge on any atom is -0.389 e. The zero-order valence-corrected chi connectivity index (χ0v) is 10.8. The Balaban J connectivity index is 2.15. The van der Waals surface area contributed by atoms with E-state index in [0.717, 1.165) is 26.2 Å². The van der Waals surface area contributed by atoms with Crippen LogP contribution in [0.4, 0.5) is 0 Å². The van der Waals surface area contributed by atoms with Crippen LogP contribution >= 0.6 is 0 Å². The molecule has 0 radical (unpaired) electrons. The number of β-amino-alcohol motifs (C(OH)–C–C–N with tert-alkyl or cyclic N) is 1. The van der Waals surface area contributed by atoms with E-state index in [1.807, 2.05) is 13.8 Å². The summed E-state index contributed by atoms with van der Waals surface area (Å²) in [6.07, 6.45) is -0.253. The number of hydrogen-bond acceptors (Lipinski definition) is 5. The lowest BCUT2D eigenvalue weighted by Crippen LogP contribution is -2.49. The van der Waals surface area contributed by atoms with Crippen LogP contribution < -0.4 is 0 Å². The third kappa shape index (κ3) is 5.99. The molecule has 17 heavy (non-hydrogen) atoms. The summed E-state index contributed by atoms with van der Waals surface area (Å²) in [6, 6.07) is 2.16. The highest BCUT2D eigenvalue weighted by atomic mass is 16.5. The van der Waals surface area contributed by atoms with E-state index < -0.39 is 6.10 Å². The van der Waals surface area contributed by atoms with E-state index in [2.05, 4.69) is 15.9 Å². The Morgan fingerprint density at radius 1 is 1.24 bits per heavy atom. The molecule has 1 fully saturated rings. The van der Waals surface area contributed by atoms with E-state index in [0.29, 0.717) is 19.7 Å². The fourth-order valence-electron chi connectivity index (χ4n) is 1.88. The predicted molar refractivity (Wildman–Crippen MR) is 65.6 cm³/mol. The van der Waals surface area contributed by atoms with Crippen molar-refractivity contribution in [3.05, 3.63) is 0 Å².